The van der Waals surface area contributed by atoms with E-state index in [1.54, 1.807) is 36.5 Å². The molecule has 0 saturated carbocycles. The van der Waals surface area contributed by atoms with Crippen molar-refractivity contribution in [3.05, 3.63) is 95.9 Å². The van der Waals surface area contributed by atoms with Crippen molar-refractivity contribution in [3.63, 3.8) is 0 Å². The first kappa shape index (κ1) is 31.6. The number of phenolic OH excluding ortho intramolecular Hbond substituents is 2. The molecule has 13 N–H and O–H groups in total. The minimum Gasteiger partial charge on any atom is -0.508 e. The summed E-state index contributed by atoms with van der Waals surface area (Å²) >= 11 is 0. The zero-order valence-corrected chi connectivity index (χ0v) is 23.8. The Balaban J connectivity index is 0.000000151. The monoisotopic (exact) mass is 600 g/mol. The van der Waals surface area contributed by atoms with Crippen LogP contribution in [-0.4, -0.2) is 65.9 Å². The molecule has 0 radical (unpaired) electrons. The Labute approximate surface area is 252 Å². The molecule has 12 nitrogen and oxygen atoms in total. The molecule has 0 saturated heterocycles. The van der Waals surface area contributed by atoms with E-state index in [0.29, 0.717) is 18.7 Å². The number of hydrogen-bond acceptors (Lipinski definition) is 7. The van der Waals surface area contributed by atoms with Crippen LogP contribution in [0.15, 0.2) is 79.3 Å². The Bertz CT molecular complexity index is 1870. The summed E-state index contributed by atoms with van der Waals surface area (Å²) in [5.74, 6) is -1.56. The molecular formula is C32H36N6O6. The van der Waals surface area contributed by atoms with Gasteiger partial charge in [0.25, 0.3) is 0 Å². The lowest BCUT2D eigenvalue weighted by atomic mass is 10.1. The Morgan fingerprint density at radius 1 is 0.636 bits per heavy atom. The van der Waals surface area contributed by atoms with Crippen molar-refractivity contribution in [2.45, 2.75) is 31.3 Å². The van der Waals surface area contributed by atoms with Crippen LogP contribution < -0.4 is 17.2 Å². The van der Waals surface area contributed by atoms with Crippen LogP contribution in [0.1, 0.15) is 16.7 Å². The first-order valence-electron chi connectivity index (χ1n) is 13.9. The molecule has 230 valence electrons. The average molecular weight is 601 g/mol. The lowest BCUT2D eigenvalue weighted by Crippen LogP contribution is -2.32. The molecule has 6 rings (SSSR count). The second kappa shape index (κ2) is 14.2. The summed E-state index contributed by atoms with van der Waals surface area (Å²) < 4.78 is 0. The van der Waals surface area contributed by atoms with Crippen molar-refractivity contribution in [3.8, 4) is 11.5 Å². The van der Waals surface area contributed by atoms with Crippen LogP contribution in [-0.2, 0) is 28.9 Å². The standard InChI is InChI=1S/C11H12N2O3.C11H12N2O2.C10H12N2O/c12-9(11(15)16)3-6-5-13-10-2-1-7(14)4-8(6)10;12-9(11(14)15)5-7-6-13-10-4-2-1-3-8(7)10;11-4-3-7-6-12-10-2-1-8(13)5-9(7)10/h1-2,4-5,9,13-14H,3,12H2,(H,15,16);1-4,6,9,13H,5,12H2,(H,14,15);1-2,5-6,12-13H,3-4,11H2/t2*9-;/m00./s1. The van der Waals surface area contributed by atoms with Gasteiger partial charge in [-0.3, -0.25) is 9.59 Å². The second-order valence-electron chi connectivity index (χ2n) is 10.3. The highest BCUT2D eigenvalue weighted by atomic mass is 16.4. The largest absolute Gasteiger partial charge is 0.508 e. The van der Waals surface area contributed by atoms with Gasteiger partial charge in [-0.2, -0.15) is 0 Å². The van der Waals surface area contributed by atoms with Crippen molar-refractivity contribution >= 4 is 44.6 Å². The number of hydrogen-bond donors (Lipinski definition) is 10. The van der Waals surface area contributed by atoms with Gasteiger partial charge >= 0.3 is 11.9 Å². The summed E-state index contributed by atoms with van der Waals surface area (Å²) in [4.78, 5) is 30.5. The number of carbonyl (C=O) groups is 2. The zero-order valence-electron chi connectivity index (χ0n) is 23.8. The van der Waals surface area contributed by atoms with Gasteiger partial charge in [-0.15, -0.1) is 0 Å². The van der Waals surface area contributed by atoms with Crippen molar-refractivity contribution in [1.29, 1.82) is 0 Å². The lowest BCUT2D eigenvalue weighted by molar-refractivity contribution is -0.139. The van der Waals surface area contributed by atoms with E-state index >= 15 is 0 Å². The summed E-state index contributed by atoms with van der Waals surface area (Å²) in [5.41, 5.74) is 22.2. The molecule has 3 aromatic carbocycles. The van der Waals surface area contributed by atoms with Gasteiger partial charge in [0.15, 0.2) is 0 Å². The molecule has 2 atom stereocenters. The van der Waals surface area contributed by atoms with Crippen molar-refractivity contribution < 1.29 is 30.0 Å². The number of rotatable bonds is 8. The predicted molar refractivity (Wildman–Crippen MR) is 170 cm³/mol. The number of nitrogens with one attached hydrogen (secondary N) is 3. The minimum absolute atomic E-state index is 0.150. The Hall–Kier alpha value is -5.30. The van der Waals surface area contributed by atoms with Crippen LogP contribution in [0.2, 0.25) is 0 Å². The normalized spacial score (nSPS) is 12.2. The molecule has 6 aromatic rings. The van der Waals surface area contributed by atoms with Gasteiger partial charge in [-0.05, 0) is 72.1 Å². The minimum atomic E-state index is -1.03. The number of nitrogens with two attached hydrogens (primary N) is 3. The van der Waals surface area contributed by atoms with E-state index in [1.807, 2.05) is 42.7 Å². The number of para-hydroxylation sites is 1. The summed E-state index contributed by atoms with van der Waals surface area (Å²) in [5, 5.41) is 39.0. The molecule has 3 aromatic heterocycles. The molecule has 0 spiro atoms. The molecule has 0 amide bonds. The first-order valence-corrected chi connectivity index (χ1v) is 13.9. The van der Waals surface area contributed by atoms with E-state index in [2.05, 4.69) is 15.0 Å². The number of H-pyrrole nitrogens is 3. The van der Waals surface area contributed by atoms with Crippen LogP contribution in [0.5, 0.6) is 11.5 Å². The van der Waals surface area contributed by atoms with Gasteiger partial charge < -0.3 is 52.6 Å². The highest BCUT2D eigenvalue weighted by Gasteiger charge is 2.15. The highest BCUT2D eigenvalue weighted by molar-refractivity contribution is 5.86. The Kier molecular flexibility index (Phi) is 10.2. The molecule has 0 aliphatic carbocycles. The van der Waals surface area contributed by atoms with Crippen molar-refractivity contribution in [2.24, 2.45) is 17.2 Å². The fourth-order valence-electron chi connectivity index (χ4n) is 4.81. The van der Waals surface area contributed by atoms with Crippen LogP contribution >= 0.6 is 0 Å². The number of benzene rings is 3. The number of aromatic hydroxyl groups is 2. The molecule has 44 heavy (non-hydrogen) atoms. The molecule has 12 heteroatoms. The van der Waals surface area contributed by atoms with Gasteiger partial charge in [0, 0.05) is 64.1 Å². The molecule has 0 unspecified atom stereocenters. The number of carboxylic acid groups (broad SMARTS) is 2. The fraction of sp³-hybridized carbons (Fsp3) is 0.188. The number of aromatic nitrogens is 3. The van der Waals surface area contributed by atoms with Gasteiger partial charge in [-0.25, -0.2) is 0 Å². The quantitative estimate of drug-likeness (QED) is 0.123. The van der Waals surface area contributed by atoms with Crippen molar-refractivity contribution in [2.75, 3.05) is 6.54 Å². The number of aliphatic carboxylic acids is 2. The smallest absolute Gasteiger partial charge is 0.320 e. The molecule has 0 fully saturated rings. The SMILES string of the molecule is NCCc1c[nH]c2ccc(O)cc12.N[C@@H](Cc1c[nH]c2ccc(O)cc12)C(=O)O.N[C@@H](Cc1c[nH]c2ccccc12)C(=O)O. The fourth-order valence-corrected chi connectivity index (χ4v) is 4.81. The Morgan fingerprint density at radius 3 is 1.57 bits per heavy atom. The number of phenols is 2. The summed E-state index contributed by atoms with van der Waals surface area (Å²) in [6.45, 7) is 0.628. The summed E-state index contributed by atoms with van der Waals surface area (Å²) in [6.07, 6.45) is 6.89. The van der Waals surface area contributed by atoms with Crippen molar-refractivity contribution in [1.82, 2.24) is 15.0 Å². The maximum atomic E-state index is 10.6. The molecule has 0 aliphatic heterocycles. The maximum Gasteiger partial charge on any atom is 0.320 e. The molecular weight excluding hydrogens is 564 g/mol. The summed E-state index contributed by atoms with van der Waals surface area (Å²) in [6, 6.07) is 16.2. The van der Waals surface area contributed by atoms with Crippen LogP contribution in [0.3, 0.4) is 0 Å². The predicted octanol–water partition coefficient (Wildman–Crippen LogP) is 3.32. The Morgan fingerprint density at radius 2 is 1.07 bits per heavy atom. The third-order valence-electron chi connectivity index (χ3n) is 7.10. The van der Waals surface area contributed by atoms with Crippen LogP contribution in [0.25, 0.3) is 32.7 Å². The van der Waals surface area contributed by atoms with Crippen LogP contribution in [0, 0.1) is 0 Å². The lowest BCUT2D eigenvalue weighted by Gasteiger charge is -2.04. The van der Waals surface area contributed by atoms with Crippen LogP contribution in [0.4, 0.5) is 0 Å². The third-order valence-corrected chi connectivity index (χ3v) is 7.10. The highest BCUT2D eigenvalue weighted by Crippen LogP contribution is 2.24. The van der Waals surface area contributed by atoms with Gasteiger partial charge in [0.1, 0.15) is 23.6 Å². The second-order valence-corrected chi connectivity index (χ2v) is 10.3. The van der Waals surface area contributed by atoms with E-state index in [4.69, 9.17) is 27.4 Å². The van der Waals surface area contributed by atoms with E-state index < -0.39 is 24.0 Å². The van der Waals surface area contributed by atoms with E-state index in [-0.39, 0.29) is 12.2 Å². The first-order chi connectivity index (χ1) is 21.1. The molecule has 0 bridgehead atoms. The van der Waals surface area contributed by atoms with Gasteiger partial charge in [0.2, 0.25) is 0 Å². The average Bonchev–Trinajstić information content (AvgIpc) is 3.71. The third kappa shape index (κ3) is 7.75. The topological polar surface area (TPSA) is 240 Å². The van der Waals surface area contributed by atoms with E-state index in [1.165, 1.54) is 0 Å². The summed E-state index contributed by atoms with van der Waals surface area (Å²) in [7, 11) is 0. The molecule has 3 heterocycles. The maximum absolute atomic E-state index is 10.6. The van der Waals surface area contributed by atoms with Gasteiger partial charge in [-0.1, -0.05) is 18.2 Å². The van der Waals surface area contributed by atoms with E-state index in [0.717, 1.165) is 55.8 Å². The number of fused-ring (bicyclic) bond motifs is 3. The number of carboxylic acids is 2. The number of aromatic amines is 3. The van der Waals surface area contributed by atoms with Gasteiger partial charge in [0.05, 0.1) is 0 Å². The zero-order chi connectivity index (χ0) is 31.8. The van der Waals surface area contributed by atoms with E-state index in [9.17, 15) is 19.8 Å². The molecule has 0 aliphatic rings.